The third-order valence-corrected chi connectivity index (χ3v) is 7.50. The number of sulfonamides is 1. The lowest BCUT2D eigenvalue weighted by molar-refractivity contribution is -0.116. The zero-order chi connectivity index (χ0) is 23.3. The summed E-state index contributed by atoms with van der Waals surface area (Å²) in [6, 6.07) is 10.4. The predicted molar refractivity (Wildman–Crippen MR) is 126 cm³/mol. The van der Waals surface area contributed by atoms with E-state index in [1.807, 2.05) is 0 Å². The van der Waals surface area contributed by atoms with Gasteiger partial charge in [0.05, 0.1) is 15.6 Å². The normalized spacial score (nSPS) is 15.6. The first-order valence-electron chi connectivity index (χ1n) is 10.4. The summed E-state index contributed by atoms with van der Waals surface area (Å²) in [6.45, 7) is 2.63. The Morgan fingerprint density at radius 1 is 1.06 bits per heavy atom. The van der Waals surface area contributed by atoms with Gasteiger partial charge in [-0.2, -0.15) is 4.31 Å². The van der Waals surface area contributed by atoms with Crippen molar-refractivity contribution in [1.29, 1.82) is 0 Å². The second kappa shape index (κ2) is 10.3. The van der Waals surface area contributed by atoms with Crippen LogP contribution in [0.15, 0.2) is 47.4 Å². The van der Waals surface area contributed by atoms with E-state index in [4.69, 9.17) is 11.6 Å². The van der Waals surface area contributed by atoms with Crippen molar-refractivity contribution in [3.63, 3.8) is 0 Å². The van der Waals surface area contributed by atoms with E-state index in [0.29, 0.717) is 24.3 Å². The van der Waals surface area contributed by atoms with E-state index in [2.05, 4.69) is 16.0 Å². The Labute approximate surface area is 193 Å². The van der Waals surface area contributed by atoms with Gasteiger partial charge >= 0.3 is 0 Å². The largest absolute Gasteiger partial charge is 0.374 e. The van der Waals surface area contributed by atoms with Crippen molar-refractivity contribution in [3.05, 3.63) is 53.1 Å². The summed E-state index contributed by atoms with van der Waals surface area (Å²) in [5.41, 5.74) is 1.28. The number of carbonyl (C=O) groups excluding carboxylic acids is 2. The summed E-state index contributed by atoms with van der Waals surface area (Å²) in [4.78, 5) is 24.6. The first-order chi connectivity index (χ1) is 15.2. The van der Waals surface area contributed by atoms with Gasteiger partial charge in [0.15, 0.2) is 0 Å². The summed E-state index contributed by atoms with van der Waals surface area (Å²) >= 11 is 6.22. The molecule has 1 unspecified atom stereocenters. The standard InChI is InChI=1S/C22H27ClN4O4S/c1-15(25-17-8-6-7-16(13-17)22(29)24-2)21(28)26-20-14-18(9-10-19(20)23)32(30,31)27-11-4-3-5-12-27/h6-10,13-15,25H,3-5,11-12H2,1-2H3,(H,24,29)(H,26,28). The number of nitrogens with zero attached hydrogens (tertiary/aromatic N) is 1. The molecule has 0 saturated carbocycles. The molecule has 10 heteroatoms. The molecule has 1 aliphatic heterocycles. The van der Waals surface area contributed by atoms with Crippen LogP contribution in [0.3, 0.4) is 0 Å². The summed E-state index contributed by atoms with van der Waals surface area (Å²) in [7, 11) is -2.11. The number of anilines is 2. The molecule has 1 fully saturated rings. The number of hydrogen-bond acceptors (Lipinski definition) is 5. The zero-order valence-corrected chi connectivity index (χ0v) is 19.6. The molecule has 2 amide bonds. The van der Waals surface area contributed by atoms with Crippen LogP contribution in [0.5, 0.6) is 0 Å². The fraction of sp³-hybridized carbons (Fsp3) is 0.364. The second-order valence-corrected chi connectivity index (χ2v) is 9.97. The van der Waals surface area contributed by atoms with Crippen LogP contribution in [-0.4, -0.2) is 50.7 Å². The van der Waals surface area contributed by atoms with Gasteiger partial charge < -0.3 is 16.0 Å². The molecule has 3 N–H and O–H groups in total. The van der Waals surface area contributed by atoms with E-state index in [1.54, 1.807) is 38.2 Å². The molecule has 1 aliphatic rings. The highest BCUT2D eigenvalue weighted by atomic mass is 35.5. The van der Waals surface area contributed by atoms with Crippen molar-refractivity contribution in [3.8, 4) is 0 Å². The Bertz CT molecular complexity index is 1100. The van der Waals surface area contributed by atoms with Gasteiger partial charge in [0, 0.05) is 31.4 Å². The molecular weight excluding hydrogens is 452 g/mol. The van der Waals surface area contributed by atoms with Gasteiger partial charge in [-0.15, -0.1) is 0 Å². The Morgan fingerprint density at radius 2 is 1.78 bits per heavy atom. The topological polar surface area (TPSA) is 108 Å². The number of amides is 2. The predicted octanol–water partition coefficient (Wildman–Crippen LogP) is 3.31. The van der Waals surface area contributed by atoms with Gasteiger partial charge in [0.1, 0.15) is 6.04 Å². The Hall–Kier alpha value is -2.62. The number of hydrogen-bond donors (Lipinski definition) is 3. The van der Waals surface area contributed by atoms with Gasteiger partial charge in [0.2, 0.25) is 15.9 Å². The molecule has 172 valence electrons. The number of piperidine rings is 1. The van der Waals surface area contributed by atoms with Crippen LogP contribution in [-0.2, 0) is 14.8 Å². The Balaban J connectivity index is 1.73. The molecule has 1 heterocycles. The quantitative estimate of drug-likeness (QED) is 0.565. The second-order valence-electron chi connectivity index (χ2n) is 7.62. The molecule has 2 aromatic carbocycles. The lowest BCUT2D eigenvalue weighted by Gasteiger charge is -2.26. The van der Waals surface area contributed by atoms with Gasteiger partial charge in [-0.05, 0) is 56.2 Å². The van der Waals surface area contributed by atoms with Gasteiger partial charge in [-0.3, -0.25) is 9.59 Å². The van der Waals surface area contributed by atoms with Crippen molar-refractivity contribution >= 4 is 44.8 Å². The molecule has 3 rings (SSSR count). The van der Waals surface area contributed by atoms with Crippen LogP contribution < -0.4 is 16.0 Å². The van der Waals surface area contributed by atoms with Crippen LogP contribution in [0.1, 0.15) is 36.5 Å². The molecule has 8 nitrogen and oxygen atoms in total. The zero-order valence-electron chi connectivity index (χ0n) is 18.0. The van der Waals surface area contributed by atoms with Crippen molar-refractivity contribution < 1.29 is 18.0 Å². The van der Waals surface area contributed by atoms with E-state index in [9.17, 15) is 18.0 Å². The molecule has 32 heavy (non-hydrogen) atoms. The van der Waals surface area contributed by atoms with Crippen molar-refractivity contribution in [1.82, 2.24) is 9.62 Å². The van der Waals surface area contributed by atoms with Crippen LogP contribution in [0.25, 0.3) is 0 Å². The molecular formula is C22H27ClN4O4S. The van der Waals surface area contributed by atoms with Crippen molar-refractivity contribution in [2.45, 2.75) is 37.1 Å². The summed E-state index contributed by atoms with van der Waals surface area (Å²) < 4.78 is 27.4. The molecule has 1 saturated heterocycles. The van der Waals surface area contributed by atoms with Crippen LogP contribution in [0.2, 0.25) is 5.02 Å². The molecule has 0 aromatic heterocycles. The fourth-order valence-electron chi connectivity index (χ4n) is 3.47. The van der Waals surface area contributed by atoms with E-state index >= 15 is 0 Å². The summed E-state index contributed by atoms with van der Waals surface area (Å²) in [6.07, 6.45) is 2.69. The fourth-order valence-corrected chi connectivity index (χ4v) is 5.17. The van der Waals surface area contributed by atoms with E-state index in [0.717, 1.165) is 19.3 Å². The highest BCUT2D eigenvalue weighted by molar-refractivity contribution is 7.89. The molecule has 0 radical (unpaired) electrons. The summed E-state index contributed by atoms with van der Waals surface area (Å²) in [5.74, 6) is -0.631. The number of carbonyl (C=O) groups is 2. The maximum Gasteiger partial charge on any atom is 0.251 e. The number of rotatable bonds is 7. The third kappa shape index (κ3) is 5.59. The lowest BCUT2D eigenvalue weighted by Crippen LogP contribution is -2.35. The van der Waals surface area contributed by atoms with Crippen LogP contribution in [0, 0.1) is 0 Å². The minimum Gasteiger partial charge on any atom is -0.374 e. The van der Waals surface area contributed by atoms with Crippen molar-refractivity contribution in [2.24, 2.45) is 0 Å². The average Bonchev–Trinajstić information content (AvgIpc) is 2.80. The maximum atomic E-state index is 12.9. The number of benzene rings is 2. The maximum absolute atomic E-state index is 12.9. The monoisotopic (exact) mass is 478 g/mol. The van der Waals surface area contributed by atoms with E-state index in [-0.39, 0.29) is 21.5 Å². The van der Waals surface area contributed by atoms with Crippen molar-refractivity contribution in [2.75, 3.05) is 30.8 Å². The minimum absolute atomic E-state index is 0.0954. The molecule has 1 atom stereocenters. The van der Waals surface area contributed by atoms with E-state index < -0.39 is 22.0 Å². The SMILES string of the molecule is CNC(=O)c1cccc(NC(C)C(=O)Nc2cc(S(=O)(=O)N3CCCCC3)ccc2Cl)c1. The first-order valence-corrected chi connectivity index (χ1v) is 12.2. The third-order valence-electron chi connectivity index (χ3n) is 5.28. The Morgan fingerprint density at radius 3 is 2.47 bits per heavy atom. The molecule has 0 aliphatic carbocycles. The van der Waals surface area contributed by atoms with E-state index in [1.165, 1.54) is 22.5 Å². The Kier molecular flexibility index (Phi) is 7.76. The molecule has 0 bridgehead atoms. The average molecular weight is 479 g/mol. The highest BCUT2D eigenvalue weighted by Crippen LogP contribution is 2.28. The minimum atomic E-state index is -3.65. The first kappa shape index (κ1) is 24.0. The van der Waals surface area contributed by atoms with Crippen LogP contribution in [0.4, 0.5) is 11.4 Å². The number of nitrogens with one attached hydrogen (secondary N) is 3. The lowest BCUT2D eigenvalue weighted by atomic mass is 10.1. The molecule has 2 aromatic rings. The van der Waals surface area contributed by atoms with Gasteiger partial charge in [0.25, 0.3) is 5.91 Å². The molecule has 0 spiro atoms. The number of halogens is 1. The van der Waals surface area contributed by atoms with Gasteiger partial charge in [-0.1, -0.05) is 24.1 Å². The van der Waals surface area contributed by atoms with Crippen LogP contribution >= 0.6 is 11.6 Å². The smallest absolute Gasteiger partial charge is 0.251 e. The highest BCUT2D eigenvalue weighted by Gasteiger charge is 2.27. The summed E-state index contributed by atoms with van der Waals surface area (Å²) in [5, 5.41) is 8.53. The van der Waals surface area contributed by atoms with Gasteiger partial charge in [-0.25, -0.2) is 8.42 Å².